The molecule has 1 heterocycles. The lowest BCUT2D eigenvalue weighted by Crippen LogP contribution is -1.94. The van der Waals surface area contributed by atoms with Crippen molar-refractivity contribution in [2.24, 2.45) is 0 Å². The van der Waals surface area contributed by atoms with Crippen LogP contribution in [-0.4, -0.2) is 4.98 Å². The predicted octanol–water partition coefficient (Wildman–Crippen LogP) is 5.56. The highest BCUT2D eigenvalue weighted by Crippen LogP contribution is 2.32. The number of fused-ring (bicyclic) bond motifs is 1. The lowest BCUT2D eigenvalue weighted by Gasteiger charge is -2.07. The lowest BCUT2D eigenvalue weighted by atomic mass is 10.2. The third-order valence-electron chi connectivity index (χ3n) is 3.13. The molecule has 0 bridgehead atoms. The Morgan fingerprint density at radius 3 is 2.75 bits per heavy atom. The zero-order chi connectivity index (χ0) is 14.3. The molecule has 0 spiro atoms. The van der Waals surface area contributed by atoms with Gasteiger partial charge < -0.3 is 5.32 Å². The molecule has 2 nitrogen and oxygen atoms in total. The van der Waals surface area contributed by atoms with Gasteiger partial charge in [0.05, 0.1) is 14.7 Å². The quantitative estimate of drug-likeness (QED) is 0.654. The van der Waals surface area contributed by atoms with Crippen molar-refractivity contribution in [1.29, 1.82) is 0 Å². The van der Waals surface area contributed by atoms with E-state index in [-0.39, 0.29) is 5.82 Å². The van der Waals surface area contributed by atoms with Crippen LogP contribution in [0.5, 0.6) is 0 Å². The van der Waals surface area contributed by atoms with Crippen LogP contribution in [0.3, 0.4) is 0 Å². The second kappa shape index (κ2) is 5.14. The van der Waals surface area contributed by atoms with Crippen LogP contribution in [-0.2, 0) is 0 Å². The number of nitrogens with zero attached hydrogens (tertiary/aromatic N) is 1. The van der Waals surface area contributed by atoms with E-state index < -0.39 is 0 Å². The van der Waals surface area contributed by atoms with Gasteiger partial charge in [-0.15, -0.1) is 0 Å². The van der Waals surface area contributed by atoms with Gasteiger partial charge in [-0.05, 0) is 59.1 Å². The highest BCUT2D eigenvalue weighted by atomic mass is 79.9. The minimum atomic E-state index is -0.282. The normalized spacial score (nSPS) is 11.0. The number of anilines is 2. The highest BCUT2D eigenvalue weighted by Gasteiger charge is 2.09. The number of benzene rings is 2. The molecular formula is C15H12BrFN2S. The standard InChI is InChI=1S/C15H12BrFN2S/c1-8-4-3-5-13-14(8)19-15(20-13)18-12-7-11(17)10(16)6-9(12)2/h3-7H,1-2H3,(H,18,19). The van der Waals surface area contributed by atoms with Crippen molar-refractivity contribution in [1.82, 2.24) is 4.98 Å². The highest BCUT2D eigenvalue weighted by molar-refractivity contribution is 9.10. The Balaban J connectivity index is 2.01. The van der Waals surface area contributed by atoms with Gasteiger partial charge in [0, 0.05) is 5.69 Å². The maximum Gasteiger partial charge on any atom is 0.188 e. The average molecular weight is 351 g/mol. The molecule has 2 aromatic carbocycles. The first kappa shape index (κ1) is 13.5. The summed E-state index contributed by atoms with van der Waals surface area (Å²) in [5.41, 5.74) is 3.84. The van der Waals surface area contributed by atoms with Crippen molar-refractivity contribution in [3.8, 4) is 0 Å². The van der Waals surface area contributed by atoms with E-state index in [0.29, 0.717) is 4.47 Å². The average Bonchev–Trinajstić information content (AvgIpc) is 2.80. The number of aryl methyl sites for hydroxylation is 2. The molecule has 0 radical (unpaired) electrons. The maximum absolute atomic E-state index is 13.6. The van der Waals surface area contributed by atoms with Gasteiger partial charge in [-0.3, -0.25) is 0 Å². The van der Waals surface area contributed by atoms with Crippen molar-refractivity contribution in [3.05, 3.63) is 51.7 Å². The number of rotatable bonds is 2. The Morgan fingerprint density at radius 1 is 1.20 bits per heavy atom. The molecule has 0 unspecified atom stereocenters. The molecule has 0 aliphatic rings. The van der Waals surface area contributed by atoms with Gasteiger partial charge >= 0.3 is 0 Å². The molecule has 0 amide bonds. The molecule has 0 atom stereocenters. The van der Waals surface area contributed by atoms with Gasteiger partial charge in [0.2, 0.25) is 0 Å². The SMILES string of the molecule is Cc1cc(Br)c(F)cc1Nc1nc2c(C)cccc2s1. The minimum Gasteiger partial charge on any atom is -0.331 e. The fourth-order valence-electron chi connectivity index (χ4n) is 2.04. The van der Waals surface area contributed by atoms with Gasteiger partial charge in [-0.25, -0.2) is 9.37 Å². The fourth-order valence-corrected chi connectivity index (χ4v) is 3.45. The number of para-hydroxylation sites is 1. The number of hydrogen-bond donors (Lipinski definition) is 1. The first-order valence-corrected chi connectivity index (χ1v) is 7.74. The van der Waals surface area contributed by atoms with Gasteiger partial charge in [-0.1, -0.05) is 23.5 Å². The van der Waals surface area contributed by atoms with E-state index in [0.717, 1.165) is 32.2 Å². The van der Waals surface area contributed by atoms with E-state index in [4.69, 9.17) is 0 Å². The predicted molar refractivity (Wildman–Crippen MR) is 86.5 cm³/mol. The Hall–Kier alpha value is -1.46. The molecule has 0 aliphatic carbocycles. The van der Waals surface area contributed by atoms with Crippen LogP contribution in [0.4, 0.5) is 15.2 Å². The molecule has 5 heteroatoms. The molecular weight excluding hydrogens is 339 g/mol. The number of hydrogen-bond acceptors (Lipinski definition) is 3. The zero-order valence-corrected chi connectivity index (χ0v) is 13.4. The summed E-state index contributed by atoms with van der Waals surface area (Å²) in [4.78, 5) is 4.57. The Labute approximate surface area is 128 Å². The van der Waals surface area contributed by atoms with Crippen molar-refractivity contribution in [2.45, 2.75) is 13.8 Å². The van der Waals surface area contributed by atoms with Crippen LogP contribution in [0.15, 0.2) is 34.8 Å². The van der Waals surface area contributed by atoms with E-state index in [2.05, 4.69) is 26.2 Å². The summed E-state index contributed by atoms with van der Waals surface area (Å²) in [6, 6.07) is 9.34. The third kappa shape index (κ3) is 2.43. The second-order valence-electron chi connectivity index (χ2n) is 4.65. The summed E-state index contributed by atoms with van der Waals surface area (Å²) in [6.07, 6.45) is 0. The van der Waals surface area contributed by atoms with Crippen molar-refractivity contribution < 1.29 is 4.39 Å². The summed E-state index contributed by atoms with van der Waals surface area (Å²) >= 11 is 4.76. The Kier molecular flexibility index (Phi) is 3.48. The number of nitrogens with one attached hydrogen (secondary N) is 1. The Bertz CT molecular complexity index is 798. The van der Waals surface area contributed by atoms with E-state index in [1.807, 2.05) is 32.0 Å². The van der Waals surface area contributed by atoms with E-state index in [1.54, 1.807) is 17.4 Å². The number of aromatic nitrogens is 1. The summed E-state index contributed by atoms with van der Waals surface area (Å²) in [7, 11) is 0. The smallest absolute Gasteiger partial charge is 0.188 e. The summed E-state index contributed by atoms with van der Waals surface area (Å²) < 4.78 is 15.2. The molecule has 102 valence electrons. The van der Waals surface area contributed by atoms with E-state index in [9.17, 15) is 4.39 Å². The maximum atomic E-state index is 13.6. The van der Waals surface area contributed by atoms with Crippen LogP contribution in [0, 0.1) is 19.7 Å². The van der Waals surface area contributed by atoms with Crippen LogP contribution < -0.4 is 5.32 Å². The van der Waals surface area contributed by atoms with Crippen LogP contribution >= 0.6 is 27.3 Å². The van der Waals surface area contributed by atoms with Gasteiger partial charge in [0.15, 0.2) is 5.13 Å². The van der Waals surface area contributed by atoms with Crippen LogP contribution in [0.25, 0.3) is 10.2 Å². The molecule has 0 fully saturated rings. The van der Waals surface area contributed by atoms with Crippen molar-refractivity contribution >= 4 is 48.3 Å². The largest absolute Gasteiger partial charge is 0.331 e. The minimum absolute atomic E-state index is 0.282. The van der Waals surface area contributed by atoms with E-state index in [1.165, 1.54) is 6.07 Å². The first-order chi connectivity index (χ1) is 9.54. The summed E-state index contributed by atoms with van der Waals surface area (Å²) in [5, 5.41) is 3.98. The molecule has 0 aliphatic heterocycles. The molecule has 1 N–H and O–H groups in total. The zero-order valence-electron chi connectivity index (χ0n) is 11.0. The fraction of sp³-hybridized carbons (Fsp3) is 0.133. The lowest BCUT2D eigenvalue weighted by molar-refractivity contribution is 0.621. The number of thiazole rings is 1. The topological polar surface area (TPSA) is 24.9 Å². The first-order valence-electron chi connectivity index (χ1n) is 6.13. The molecule has 20 heavy (non-hydrogen) atoms. The molecule has 3 rings (SSSR count). The Morgan fingerprint density at radius 2 is 2.00 bits per heavy atom. The second-order valence-corrected chi connectivity index (χ2v) is 6.53. The molecule has 3 aromatic rings. The molecule has 1 aromatic heterocycles. The monoisotopic (exact) mass is 350 g/mol. The van der Waals surface area contributed by atoms with Gasteiger partial charge in [0.25, 0.3) is 0 Å². The molecule has 0 saturated heterocycles. The van der Waals surface area contributed by atoms with Gasteiger partial charge in [-0.2, -0.15) is 0 Å². The van der Waals surface area contributed by atoms with Crippen LogP contribution in [0.2, 0.25) is 0 Å². The van der Waals surface area contributed by atoms with Crippen LogP contribution in [0.1, 0.15) is 11.1 Å². The van der Waals surface area contributed by atoms with Gasteiger partial charge in [0.1, 0.15) is 5.82 Å². The third-order valence-corrected chi connectivity index (χ3v) is 4.67. The van der Waals surface area contributed by atoms with E-state index >= 15 is 0 Å². The summed E-state index contributed by atoms with van der Waals surface area (Å²) in [5.74, 6) is -0.282. The number of halogens is 2. The van der Waals surface area contributed by atoms with Crippen molar-refractivity contribution in [2.75, 3.05) is 5.32 Å². The summed E-state index contributed by atoms with van der Waals surface area (Å²) in [6.45, 7) is 3.97. The van der Waals surface area contributed by atoms with Crippen molar-refractivity contribution in [3.63, 3.8) is 0 Å². The molecule has 0 saturated carbocycles.